The smallest absolute Gasteiger partial charge is 0.287 e. The predicted octanol–water partition coefficient (Wildman–Crippen LogP) is 1.23. The molecule has 1 unspecified atom stereocenters. The molecule has 7 heteroatoms. The molecule has 0 aromatic carbocycles. The summed E-state index contributed by atoms with van der Waals surface area (Å²) in [5.41, 5.74) is 0.859. The fourth-order valence-electron chi connectivity index (χ4n) is 3.53. The third kappa shape index (κ3) is 4.46. The number of likely N-dealkylation sites (tertiary alicyclic amines) is 1. The molecule has 2 N–H and O–H groups in total. The molecule has 0 spiro atoms. The van der Waals surface area contributed by atoms with Gasteiger partial charge in [-0.3, -0.25) is 14.7 Å². The SMILES string of the molecule is CN=C(NCCCNC(=O)c1occc1C)N1CCC(N2CC=CC2)C1. The molecule has 0 aliphatic carbocycles. The summed E-state index contributed by atoms with van der Waals surface area (Å²) in [7, 11) is 1.83. The molecule has 1 atom stereocenters. The predicted molar refractivity (Wildman–Crippen MR) is 102 cm³/mol. The van der Waals surface area contributed by atoms with E-state index in [1.165, 1.54) is 12.7 Å². The number of furan rings is 1. The zero-order chi connectivity index (χ0) is 18.4. The quantitative estimate of drug-likeness (QED) is 0.346. The van der Waals surface area contributed by atoms with Crippen LogP contribution in [-0.4, -0.2) is 74.0 Å². The van der Waals surface area contributed by atoms with E-state index >= 15 is 0 Å². The Bertz CT molecular complexity index is 659. The Kier molecular flexibility index (Phi) is 6.33. The number of amides is 1. The van der Waals surface area contributed by atoms with Crippen LogP contribution in [0.25, 0.3) is 0 Å². The van der Waals surface area contributed by atoms with Crippen LogP contribution < -0.4 is 10.6 Å². The Morgan fingerprint density at radius 3 is 2.77 bits per heavy atom. The van der Waals surface area contributed by atoms with E-state index in [0.717, 1.165) is 50.7 Å². The summed E-state index contributed by atoms with van der Waals surface area (Å²) in [4.78, 5) is 21.2. The van der Waals surface area contributed by atoms with Gasteiger partial charge in [-0.25, -0.2) is 0 Å². The third-order valence-electron chi connectivity index (χ3n) is 5.03. The van der Waals surface area contributed by atoms with Crippen LogP contribution in [0.15, 0.2) is 33.9 Å². The summed E-state index contributed by atoms with van der Waals surface area (Å²) in [6.07, 6.45) is 8.04. The van der Waals surface area contributed by atoms with Crippen molar-refractivity contribution in [1.82, 2.24) is 20.4 Å². The number of aliphatic imine (C=N–C) groups is 1. The lowest BCUT2D eigenvalue weighted by Gasteiger charge is -2.25. The summed E-state index contributed by atoms with van der Waals surface area (Å²) >= 11 is 0. The van der Waals surface area contributed by atoms with Gasteiger partial charge in [0.1, 0.15) is 0 Å². The highest BCUT2D eigenvalue weighted by atomic mass is 16.3. The molecule has 0 saturated carbocycles. The Hall–Kier alpha value is -2.28. The number of aryl methyl sites for hydroxylation is 1. The molecule has 0 bridgehead atoms. The molecule has 1 amide bonds. The van der Waals surface area contributed by atoms with Gasteiger partial charge in [-0.2, -0.15) is 0 Å². The van der Waals surface area contributed by atoms with Crippen molar-refractivity contribution in [2.24, 2.45) is 4.99 Å². The second kappa shape index (κ2) is 8.89. The van der Waals surface area contributed by atoms with Crippen LogP contribution in [0.5, 0.6) is 0 Å². The average molecular weight is 359 g/mol. The molecule has 0 radical (unpaired) electrons. The molecule has 2 aliphatic rings. The second-order valence-corrected chi connectivity index (χ2v) is 6.83. The van der Waals surface area contributed by atoms with Gasteiger partial charge in [0.25, 0.3) is 5.91 Å². The van der Waals surface area contributed by atoms with Gasteiger partial charge < -0.3 is 20.0 Å². The van der Waals surface area contributed by atoms with E-state index in [-0.39, 0.29) is 5.91 Å². The maximum absolute atomic E-state index is 12.0. The van der Waals surface area contributed by atoms with Crippen LogP contribution in [0, 0.1) is 6.92 Å². The minimum atomic E-state index is -0.154. The summed E-state index contributed by atoms with van der Waals surface area (Å²) < 4.78 is 5.20. The van der Waals surface area contributed by atoms with Crippen molar-refractivity contribution in [3.05, 3.63) is 35.8 Å². The van der Waals surface area contributed by atoms with Gasteiger partial charge in [-0.1, -0.05) is 12.2 Å². The van der Waals surface area contributed by atoms with Crippen molar-refractivity contribution < 1.29 is 9.21 Å². The highest BCUT2D eigenvalue weighted by molar-refractivity contribution is 5.92. The van der Waals surface area contributed by atoms with Crippen molar-refractivity contribution in [3.8, 4) is 0 Å². The van der Waals surface area contributed by atoms with Gasteiger partial charge in [-0.05, 0) is 25.8 Å². The molecular formula is C19H29N5O2. The molecule has 26 heavy (non-hydrogen) atoms. The van der Waals surface area contributed by atoms with Crippen LogP contribution >= 0.6 is 0 Å². The number of hydrogen-bond donors (Lipinski definition) is 2. The van der Waals surface area contributed by atoms with E-state index in [0.29, 0.717) is 18.3 Å². The fourth-order valence-corrected chi connectivity index (χ4v) is 3.53. The van der Waals surface area contributed by atoms with E-state index in [1.54, 1.807) is 6.07 Å². The summed E-state index contributed by atoms with van der Waals surface area (Å²) in [6, 6.07) is 2.40. The minimum Gasteiger partial charge on any atom is -0.459 e. The lowest BCUT2D eigenvalue weighted by atomic mass is 10.2. The lowest BCUT2D eigenvalue weighted by Crippen LogP contribution is -2.43. The molecule has 3 rings (SSSR count). The van der Waals surface area contributed by atoms with E-state index in [4.69, 9.17) is 4.42 Å². The highest BCUT2D eigenvalue weighted by Gasteiger charge is 2.29. The fraction of sp³-hybridized carbons (Fsp3) is 0.579. The Morgan fingerprint density at radius 2 is 2.08 bits per heavy atom. The number of guanidine groups is 1. The lowest BCUT2D eigenvalue weighted by molar-refractivity contribution is 0.0925. The van der Waals surface area contributed by atoms with Crippen molar-refractivity contribution in [2.75, 3.05) is 46.3 Å². The zero-order valence-electron chi connectivity index (χ0n) is 15.7. The largest absolute Gasteiger partial charge is 0.459 e. The number of hydrogen-bond acceptors (Lipinski definition) is 4. The molecule has 1 fully saturated rings. The second-order valence-electron chi connectivity index (χ2n) is 6.83. The normalized spacial score (nSPS) is 20.8. The van der Waals surface area contributed by atoms with Crippen molar-refractivity contribution in [1.29, 1.82) is 0 Å². The van der Waals surface area contributed by atoms with Gasteiger partial charge in [-0.15, -0.1) is 0 Å². The van der Waals surface area contributed by atoms with Crippen molar-refractivity contribution in [2.45, 2.75) is 25.8 Å². The van der Waals surface area contributed by atoms with Crippen LogP contribution in [0.4, 0.5) is 0 Å². The van der Waals surface area contributed by atoms with E-state index < -0.39 is 0 Å². The Balaban J connectivity index is 1.34. The number of carbonyl (C=O) groups excluding carboxylic acids is 1. The maximum Gasteiger partial charge on any atom is 0.287 e. The van der Waals surface area contributed by atoms with Gasteiger partial charge in [0.15, 0.2) is 11.7 Å². The van der Waals surface area contributed by atoms with E-state index in [2.05, 4.69) is 37.6 Å². The van der Waals surface area contributed by atoms with E-state index in [1.807, 2.05) is 14.0 Å². The van der Waals surface area contributed by atoms with Crippen LogP contribution in [0.2, 0.25) is 0 Å². The first-order valence-corrected chi connectivity index (χ1v) is 9.36. The molecule has 142 valence electrons. The first kappa shape index (κ1) is 18.5. The molecule has 1 saturated heterocycles. The Morgan fingerprint density at radius 1 is 1.31 bits per heavy atom. The van der Waals surface area contributed by atoms with Gasteiger partial charge in [0.05, 0.1) is 6.26 Å². The first-order chi connectivity index (χ1) is 12.7. The molecule has 7 nitrogen and oxygen atoms in total. The summed E-state index contributed by atoms with van der Waals surface area (Å²) in [5, 5.41) is 6.30. The molecule has 3 heterocycles. The number of carbonyl (C=O) groups is 1. The zero-order valence-corrected chi connectivity index (χ0v) is 15.7. The summed E-state index contributed by atoms with van der Waals surface area (Å²) in [6.45, 7) is 7.44. The molecule has 1 aromatic rings. The number of nitrogens with zero attached hydrogens (tertiary/aromatic N) is 3. The molecule has 1 aromatic heterocycles. The minimum absolute atomic E-state index is 0.154. The maximum atomic E-state index is 12.0. The van der Waals surface area contributed by atoms with Crippen molar-refractivity contribution >= 4 is 11.9 Å². The van der Waals surface area contributed by atoms with Gasteiger partial charge in [0.2, 0.25) is 0 Å². The van der Waals surface area contributed by atoms with E-state index in [9.17, 15) is 4.79 Å². The van der Waals surface area contributed by atoms with Crippen molar-refractivity contribution in [3.63, 3.8) is 0 Å². The monoisotopic (exact) mass is 359 g/mol. The van der Waals surface area contributed by atoms with Gasteiger partial charge >= 0.3 is 0 Å². The Labute approximate surface area is 155 Å². The highest BCUT2D eigenvalue weighted by Crippen LogP contribution is 2.17. The average Bonchev–Trinajstić information content (AvgIpc) is 3.38. The number of rotatable bonds is 6. The molecule has 2 aliphatic heterocycles. The van der Waals surface area contributed by atoms with Crippen LogP contribution in [-0.2, 0) is 0 Å². The first-order valence-electron chi connectivity index (χ1n) is 9.36. The topological polar surface area (TPSA) is 73.1 Å². The number of nitrogens with one attached hydrogen (secondary N) is 2. The standard InChI is InChI=1S/C19H29N5O2/c1-15-7-13-26-17(15)18(25)21-8-5-9-22-19(20-2)24-12-6-16(14-24)23-10-3-4-11-23/h3-4,7,13,16H,5-6,8-12,14H2,1-2H3,(H,20,22)(H,21,25). The van der Waals surface area contributed by atoms with Gasteiger partial charge in [0, 0.05) is 57.9 Å². The van der Waals surface area contributed by atoms with Crippen LogP contribution in [0.3, 0.4) is 0 Å². The summed E-state index contributed by atoms with van der Waals surface area (Å²) in [5.74, 6) is 1.19. The van der Waals surface area contributed by atoms with Crippen LogP contribution in [0.1, 0.15) is 29.0 Å². The third-order valence-corrected chi connectivity index (χ3v) is 5.03. The molecular weight excluding hydrogens is 330 g/mol.